The van der Waals surface area contributed by atoms with Crippen LogP contribution in [0.25, 0.3) is 0 Å². The molecule has 0 aromatic carbocycles. The van der Waals surface area contributed by atoms with E-state index in [9.17, 15) is 0 Å². The summed E-state index contributed by atoms with van der Waals surface area (Å²) in [7, 11) is 3.67. The third kappa shape index (κ3) is 4.84. The van der Waals surface area contributed by atoms with Crippen LogP contribution in [0.15, 0.2) is 0 Å². The van der Waals surface area contributed by atoms with Crippen LogP contribution in [-0.4, -0.2) is 52.2 Å². The van der Waals surface area contributed by atoms with Crippen molar-refractivity contribution in [2.45, 2.75) is 51.4 Å². The summed E-state index contributed by atoms with van der Waals surface area (Å²) < 4.78 is 16.8. The normalized spacial score (nSPS) is 29.0. The number of methoxy groups -OCH3 is 1. The van der Waals surface area contributed by atoms with E-state index < -0.39 is 0 Å². The summed E-state index contributed by atoms with van der Waals surface area (Å²) in [5.74, 6) is 0.642. The molecule has 4 atom stereocenters. The average Bonchev–Trinajstić information content (AvgIpc) is 2.34. The van der Waals surface area contributed by atoms with Gasteiger partial charge in [0.15, 0.2) is 0 Å². The summed E-state index contributed by atoms with van der Waals surface area (Å²) in [6.45, 7) is 6.60. The molecule has 0 aliphatic heterocycles. The summed E-state index contributed by atoms with van der Waals surface area (Å²) in [6, 6.07) is 0.424. The monoisotopic (exact) mass is 259 g/mol. The standard InChI is InChI=1S/C14H29NO3/c1-5-6-11(2)10-18-13-9-12(15-3)14(13)17-8-7-16-4/h11-15H,5-10H2,1-4H3. The maximum atomic E-state index is 5.96. The Morgan fingerprint density at radius 1 is 1.28 bits per heavy atom. The Morgan fingerprint density at radius 2 is 2.06 bits per heavy atom. The van der Waals surface area contributed by atoms with Crippen molar-refractivity contribution in [2.75, 3.05) is 34.0 Å². The van der Waals surface area contributed by atoms with E-state index in [1.54, 1.807) is 7.11 Å². The van der Waals surface area contributed by atoms with Crippen LogP contribution in [0, 0.1) is 5.92 Å². The Hall–Kier alpha value is -0.160. The molecule has 0 aromatic heterocycles. The SMILES string of the molecule is CCCC(C)COC1CC(NC)C1OCCOC. The minimum atomic E-state index is 0.180. The van der Waals surface area contributed by atoms with Crippen molar-refractivity contribution >= 4 is 0 Å². The van der Waals surface area contributed by atoms with Gasteiger partial charge in [0.25, 0.3) is 0 Å². The van der Waals surface area contributed by atoms with Gasteiger partial charge in [-0.25, -0.2) is 0 Å². The number of likely N-dealkylation sites (N-methyl/N-ethyl adjacent to an activating group) is 1. The lowest BCUT2D eigenvalue weighted by atomic mass is 9.85. The minimum Gasteiger partial charge on any atom is -0.382 e. The maximum absolute atomic E-state index is 5.96. The van der Waals surface area contributed by atoms with Crippen LogP contribution < -0.4 is 5.32 Å². The second-order valence-electron chi connectivity index (χ2n) is 5.22. The van der Waals surface area contributed by atoms with Gasteiger partial charge in [0, 0.05) is 19.8 Å². The van der Waals surface area contributed by atoms with E-state index in [0.717, 1.165) is 13.0 Å². The quantitative estimate of drug-likeness (QED) is 0.608. The lowest BCUT2D eigenvalue weighted by Crippen LogP contribution is -2.59. The van der Waals surface area contributed by atoms with Gasteiger partial charge in [-0.05, 0) is 25.8 Å². The molecule has 4 nitrogen and oxygen atoms in total. The Labute approximate surface area is 111 Å². The van der Waals surface area contributed by atoms with Gasteiger partial charge < -0.3 is 19.5 Å². The largest absolute Gasteiger partial charge is 0.382 e. The highest BCUT2D eigenvalue weighted by atomic mass is 16.6. The molecule has 1 saturated carbocycles. The van der Waals surface area contributed by atoms with Gasteiger partial charge in [-0.1, -0.05) is 20.3 Å². The van der Waals surface area contributed by atoms with E-state index in [0.29, 0.717) is 25.2 Å². The zero-order valence-corrected chi connectivity index (χ0v) is 12.3. The topological polar surface area (TPSA) is 39.7 Å². The molecule has 0 saturated heterocycles. The molecular weight excluding hydrogens is 230 g/mol. The average molecular weight is 259 g/mol. The van der Waals surface area contributed by atoms with E-state index in [-0.39, 0.29) is 12.2 Å². The molecule has 4 unspecified atom stereocenters. The molecular formula is C14H29NO3. The third-order valence-electron chi connectivity index (χ3n) is 3.59. The second kappa shape index (κ2) is 8.86. The molecule has 0 heterocycles. The van der Waals surface area contributed by atoms with E-state index >= 15 is 0 Å². The van der Waals surface area contributed by atoms with Crippen molar-refractivity contribution in [3.63, 3.8) is 0 Å². The first kappa shape index (κ1) is 15.9. The van der Waals surface area contributed by atoms with Crippen molar-refractivity contribution in [2.24, 2.45) is 5.92 Å². The minimum absolute atomic E-state index is 0.180. The first-order valence-corrected chi connectivity index (χ1v) is 7.12. The fourth-order valence-electron chi connectivity index (χ4n) is 2.38. The van der Waals surface area contributed by atoms with Crippen molar-refractivity contribution < 1.29 is 14.2 Å². The fraction of sp³-hybridized carbons (Fsp3) is 1.00. The van der Waals surface area contributed by atoms with Crippen LogP contribution in [-0.2, 0) is 14.2 Å². The van der Waals surface area contributed by atoms with Crippen LogP contribution in [0.1, 0.15) is 33.1 Å². The maximum Gasteiger partial charge on any atom is 0.0991 e. The summed E-state index contributed by atoms with van der Waals surface area (Å²) in [6.07, 6.45) is 3.93. The van der Waals surface area contributed by atoms with Crippen LogP contribution in [0.2, 0.25) is 0 Å². The fourth-order valence-corrected chi connectivity index (χ4v) is 2.38. The van der Waals surface area contributed by atoms with E-state index in [2.05, 4.69) is 19.2 Å². The number of nitrogens with one attached hydrogen (secondary N) is 1. The van der Waals surface area contributed by atoms with E-state index in [1.165, 1.54) is 12.8 Å². The number of hydrogen-bond donors (Lipinski definition) is 1. The van der Waals surface area contributed by atoms with Crippen LogP contribution in [0.3, 0.4) is 0 Å². The number of hydrogen-bond acceptors (Lipinski definition) is 4. The highest BCUT2D eigenvalue weighted by molar-refractivity contribution is 4.96. The molecule has 0 radical (unpaired) electrons. The van der Waals surface area contributed by atoms with Crippen LogP contribution >= 0.6 is 0 Å². The van der Waals surface area contributed by atoms with E-state index in [4.69, 9.17) is 14.2 Å². The first-order chi connectivity index (χ1) is 8.72. The highest BCUT2D eigenvalue weighted by Gasteiger charge is 2.42. The summed E-state index contributed by atoms with van der Waals surface area (Å²) in [5, 5.41) is 3.28. The number of rotatable bonds is 10. The smallest absolute Gasteiger partial charge is 0.0991 e. The van der Waals surface area contributed by atoms with Crippen LogP contribution in [0.4, 0.5) is 0 Å². The van der Waals surface area contributed by atoms with Gasteiger partial charge in [0.05, 0.1) is 25.4 Å². The lowest BCUT2D eigenvalue weighted by molar-refractivity contribution is -0.155. The van der Waals surface area contributed by atoms with Crippen LogP contribution in [0.5, 0.6) is 0 Å². The predicted octanol–water partition coefficient (Wildman–Crippen LogP) is 1.83. The number of ether oxygens (including phenoxy) is 3. The Balaban J connectivity index is 2.23. The van der Waals surface area contributed by atoms with Gasteiger partial charge in [-0.15, -0.1) is 0 Å². The van der Waals surface area contributed by atoms with Gasteiger partial charge in [-0.2, -0.15) is 0 Å². The zero-order valence-electron chi connectivity index (χ0n) is 12.3. The zero-order chi connectivity index (χ0) is 13.4. The summed E-state index contributed by atoms with van der Waals surface area (Å²) in [4.78, 5) is 0. The van der Waals surface area contributed by atoms with Crippen molar-refractivity contribution in [3.8, 4) is 0 Å². The van der Waals surface area contributed by atoms with Gasteiger partial charge in [0.2, 0.25) is 0 Å². The Kier molecular flexibility index (Phi) is 7.82. The second-order valence-corrected chi connectivity index (χ2v) is 5.22. The predicted molar refractivity (Wildman–Crippen MR) is 72.9 cm³/mol. The molecule has 0 bridgehead atoms. The third-order valence-corrected chi connectivity index (χ3v) is 3.59. The highest BCUT2D eigenvalue weighted by Crippen LogP contribution is 2.28. The molecule has 1 aliphatic carbocycles. The van der Waals surface area contributed by atoms with Gasteiger partial charge in [0.1, 0.15) is 0 Å². The molecule has 4 heteroatoms. The molecule has 1 aliphatic rings. The van der Waals surface area contributed by atoms with Gasteiger partial charge >= 0.3 is 0 Å². The van der Waals surface area contributed by atoms with E-state index in [1.807, 2.05) is 7.05 Å². The summed E-state index contributed by atoms with van der Waals surface area (Å²) >= 11 is 0. The molecule has 0 spiro atoms. The molecule has 0 aromatic rings. The Morgan fingerprint density at radius 3 is 2.67 bits per heavy atom. The van der Waals surface area contributed by atoms with Crippen molar-refractivity contribution in [1.29, 1.82) is 0 Å². The molecule has 0 amide bonds. The molecule has 1 fully saturated rings. The molecule has 108 valence electrons. The molecule has 1 rings (SSSR count). The first-order valence-electron chi connectivity index (χ1n) is 7.12. The lowest BCUT2D eigenvalue weighted by Gasteiger charge is -2.44. The molecule has 18 heavy (non-hydrogen) atoms. The molecule has 1 N–H and O–H groups in total. The summed E-state index contributed by atoms with van der Waals surface area (Å²) in [5.41, 5.74) is 0. The van der Waals surface area contributed by atoms with Gasteiger partial charge in [-0.3, -0.25) is 0 Å². The van der Waals surface area contributed by atoms with Crippen molar-refractivity contribution in [1.82, 2.24) is 5.32 Å². The Bertz CT molecular complexity index is 213. The van der Waals surface area contributed by atoms with Crippen molar-refractivity contribution in [3.05, 3.63) is 0 Å².